The molecule has 0 unspecified atom stereocenters. The quantitative estimate of drug-likeness (QED) is 0.490. The van der Waals surface area contributed by atoms with Gasteiger partial charge in [0.1, 0.15) is 29.4 Å². The van der Waals surface area contributed by atoms with Gasteiger partial charge in [0.05, 0.1) is 17.7 Å². The smallest absolute Gasteiger partial charge is 0.416 e. The van der Waals surface area contributed by atoms with Gasteiger partial charge in [-0.2, -0.15) is 18.2 Å². The minimum absolute atomic E-state index is 0.00360. The number of amides is 1. The molecule has 0 spiro atoms. The molecule has 3 atom stereocenters. The maximum Gasteiger partial charge on any atom is 0.416 e. The van der Waals surface area contributed by atoms with Gasteiger partial charge in [0.15, 0.2) is 0 Å². The number of aromatic nitrogens is 2. The van der Waals surface area contributed by atoms with Crippen molar-refractivity contribution in [3.63, 3.8) is 0 Å². The van der Waals surface area contributed by atoms with Crippen LogP contribution < -0.4 is 10.2 Å². The summed E-state index contributed by atoms with van der Waals surface area (Å²) < 4.78 is 62.9. The summed E-state index contributed by atoms with van der Waals surface area (Å²) in [6, 6.07) is 2.36. The van der Waals surface area contributed by atoms with Gasteiger partial charge in [-0.25, -0.2) is 14.2 Å². The summed E-state index contributed by atoms with van der Waals surface area (Å²) in [6.45, 7) is 3.37. The molecule has 168 valence electrons. The Bertz CT molecular complexity index is 976. The van der Waals surface area contributed by atoms with Gasteiger partial charge in [-0.3, -0.25) is 4.90 Å². The summed E-state index contributed by atoms with van der Waals surface area (Å²) in [6.07, 6.45) is -5.66. The van der Waals surface area contributed by atoms with Crippen molar-refractivity contribution < 1.29 is 31.8 Å². The van der Waals surface area contributed by atoms with E-state index < -0.39 is 35.7 Å². The van der Waals surface area contributed by atoms with Crippen LogP contribution in [0.2, 0.25) is 5.15 Å². The lowest BCUT2D eigenvalue weighted by molar-refractivity contribution is -0.137. The molecule has 12 heteroatoms. The summed E-state index contributed by atoms with van der Waals surface area (Å²) >= 11 is 6.07. The average molecular weight is 463 g/mol. The number of alkyl halides is 3. The molecule has 1 aliphatic heterocycles. The largest absolute Gasteiger partial charge is 0.447 e. The number of hydrogen-bond acceptors (Lipinski definition) is 6. The van der Waals surface area contributed by atoms with Crippen LogP contribution in [0.3, 0.4) is 0 Å². The molecule has 1 aromatic heterocycles. The van der Waals surface area contributed by atoms with Gasteiger partial charge in [0.25, 0.3) is 0 Å². The van der Waals surface area contributed by atoms with Gasteiger partial charge in [-0.1, -0.05) is 17.7 Å². The van der Waals surface area contributed by atoms with Crippen molar-refractivity contribution in [2.45, 2.75) is 38.2 Å². The minimum atomic E-state index is -4.65. The molecule has 1 fully saturated rings. The lowest BCUT2D eigenvalue weighted by Crippen LogP contribution is -2.42. The van der Waals surface area contributed by atoms with E-state index in [9.17, 15) is 22.4 Å². The second kappa shape index (κ2) is 8.83. The molecule has 0 saturated carbocycles. The molecule has 1 N–H and O–H groups in total. The third-order valence-corrected chi connectivity index (χ3v) is 5.08. The molecule has 31 heavy (non-hydrogen) atoms. The van der Waals surface area contributed by atoms with Crippen LogP contribution in [0.15, 0.2) is 24.3 Å². The molecule has 7 nitrogen and oxygen atoms in total. The Balaban J connectivity index is 1.86. The standard InChI is InChI=1S/C19H19ClF4N4O3/c1-9(12-5-4-11(6-13(12)21)19(22,23)24)25-17-26-15(20)7-16(27-17)28-14(10(2)30-3)8-31-18(28)29/h4-7,9-10,14H,8H2,1-3H3,(H,25,26,27)/t9-,10+,14+/m0/s1. The van der Waals surface area contributed by atoms with Crippen molar-refractivity contribution >= 4 is 29.5 Å². The summed E-state index contributed by atoms with van der Waals surface area (Å²) in [5.74, 6) is -0.939. The number of benzene rings is 1. The van der Waals surface area contributed by atoms with Gasteiger partial charge >= 0.3 is 12.3 Å². The second-order valence-electron chi connectivity index (χ2n) is 6.93. The number of carbonyl (C=O) groups is 1. The maximum absolute atomic E-state index is 14.3. The van der Waals surface area contributed by atoms with E-state index in [1.54, 1.807) is 6.92 Å². The lowest BCUT2D eigenvalue weighted by Gasteiger charge is -2.25. The van der Waals surface area contributed by atoms with E-state index >= 15 is 0 Å². The van der Waals surface area contributed by atoms with Gasteiger partial charge in [0.2, 0.25) is 5.95 Å². The molecular formula is C19H19ClF4N4O3. The van der Waals surface area contributed by atoms with Crippen molar-refractivity contribution in [2.24, 2.45) is 0 Å². The highest BCUT2D eigenvalue weighted by molar-refractivity contribution is 6.29. The number of carbonyl (C=O) groups excluding carboxylic acids is 1. The first-order valence-corrected chi connectivity index (χ1v) is 9.55. The third-order valence-electron chi connectivity index (χ3n) is 4.89. The van der Waals surface area contributed by atoms with E-state index in [4.69, 9.17) is 21.1 Å². The number of halogens is 5. The Morgan fingerprint density at radius 2 is 2.00 bits per heavy atom. The number of nitrogens with one attached hydrogen (secondary N) is 1. The van der Waals surface area contributed by atoms with E-state index in [-0.39, 0.29) is 35.2 Å². The number of methoxy groups -OCH3 is 1. The van der Waals surface area contributed by atoms with Crippen molar-refractivity contribution in [1.82, 2.24) is 9.97 Å². The van der Waals surface area contributed by atoms with E-state index in [1.807, 2.05) is 0 Å². The first kappa shape index (κ1) is 23.0. The molecule has 1 aliphatic rings. The molecule has 0 radical (unpaired) electrons. The maximum atomic E-state index is 14.3. The monoisotopic (exact) mass is 462 g/mol. The fraction of sp³-hybridized carbons (Fsp3) is 0.421. The van der Waals surface area contributed by atoms with Gasteiger partial charge in [0, 0.05) is 18.7 Å². The third kappa shape index (κ3) is 4.99. The Morgan fingerprint density at radius 3 is 2.61 bits per heavy atom. The summed E-state index contributed by atoms with van der Waals surface area (Å²) in [5, 5.41) is 2.79. The SMILES string of the molecule is CO[C@H](C)[C@H]1COC(=O)N1c1cc(Cl)nc(N[C@@H](C)c2ccc(C(F)(F)F)cc2F)n1. The second-order valence-corrected chi connectivity index (χ2v) is 7.31. The highest BCUT2D eigenvalue weighted by atomic mass is 35.5. The average Bonchev–Trinajstić information content (AvgIpc) is 3.07. The minimum Gasteiger partial charge on any atom is -0.447 e. The zero-order valence-electron chi connectivity index (χ0n) is 16.7. The van der Waals surface area contributed by atoms with E-state index in [2.05, 4.69) is 15.3 Å². The highest BCUT2D eigenvalue weighted by Gasteiger charge is 2.39. The number of hydrogen-bond donors (Lipinski definition) is 1. The van der Waals surface area contributed by atoms with Crippen LogP contribution in [0.4, 0.5) is 34.1 Å². The van der Waals surface area contributed by atoms with Crippen molar-refractivity contribution in [1.29, 1.82) is 0 Å². The van der Waals surface area contributed by atoms with Crippen molar-refractivity contribution in [3.8, 4) is 0 Å². The normalized spacial score (nSPS) is 18.6. The molecule has 0 bridgehead atoms. The first-order valence-electron chi connectivity index (χ1n) is 9.17. The van der Waals surface area contributed by atoms with E-state index in [0.717, 1.165) is 12.1 Å². The first-order chi connectivity index (χ1) is 14.5. The van der Waals surface area contributed by atoms with E-state index in [0.29, 0.717) is 6.07 Å². The highest BCUT2D eigenvalue weighted by Crippen LogP contribution is 2.32. The lowest BCUT2D eigenvalue weighted by atomic mass is 10.0. The number of anilines is 2. The molecule has 1 saturated heterocycles. The zero-order chi connectivity index (χ0) is 22.9. The zero-order valence-corrected chi connectivity index (χ0v) is 17.5. The van der Waals surface area contributed by atoms with Crippen LogP contribution in [0, 0.1) is 5.82 Å². The van der Waals surface area contributed by atoms with Crippen LogP contribution in [-0.2, 0) is 15.7 Å². The number of ether oxygens (including phenoxy) is 2. The number of nitrogens with zero attached hydrogens (tertiary/aromatic N) is 3. The summed E-state index contributed by atoms with van der Waals surface area (Å²) in [4.78, 5) is 21.7. The van der Waals surface area contributed by atoms with Crippen LogP contribution in [0.1, 0.15) is 31.0 Å². The Hall–Kier alpha value is -2.66. The molecule has 2 aromatic rings. The van der Waals surface area contributed by atoms with Gasteiger partial charge in [-0.05, 0) is 26.0 Å². The predicted molar refractivity (Wildman–Crippen MR) is 105 cm³/mol. The van der Waals surface area contributed by atoms with E-state index in [1.165, 1.54) is 25.0 Å². The van der Waals surface area contributed by atoms with Gasteiger partial charge in [-0.15, -0.1) is 0 Å². The number of cyclic esters (lactones) is 1. The Morgan fingerprint density at radius 1 is 1.29 bits per heavy atom. The summed E-state index contributed by atoms with van der Waals surface area (Å²) in [5.41, 5.74) is -1.11. The molecule has 1 amide bonds. The topological polar surface area (TPSA) is 76.6 Å². The molecular weight excluding hydrogens is 444 g/mol. The molecule has 0 aliphatic carbocycles. The van der Waals surface area contributed by atoms with Crippen LogP contribution in [0.5, 0.6) is 0 Å². The molecule has 2 heterocycles. The summed E-state index contributed by atoms with van der Waals surface area (Å²) in [7, 11) is 1.49. The Kier molecular flexibility index (Phi) is 6.56. The Labute approximate surface area is 180 Å². The van der Waals surface area contributed by atoms with Crippen LogP contribution >= 0.6 is 11.6 Å². The fourth-order valence-electron chi connectivity index (χ4n) is 3.12. The van der Waals surface area contributed by atoms with Crippen molar-refractivity contribution in [3.05, 3.63) is 46.4 Å². The van der Waals surface area contributed by atoms with Crippen LogP contribution in [0.25, 0.3) is 0 Å². The molecule has 1 aromatic carbocycles. The molecule has 3 rings (SSSR count). The van der Waals surface area contributed by atoms with Crippen molar-refractivity contribution in [2.75, 3.05) is 23.9 Å². The van der Waals surface area contributed by atoms with Gasteiger partial charge < -0.3 is 14.8 Å². The predicted octanol–water partition coefficient (Wildman–Crippen LogP) is 4.82. The fourth-order valence-corrected chi connectivity index (χ4v) is 3.30. The van der Waals surface area contributed by atoms with Crippen LogP contribution in [-0.4, -0.2) is 41.9 Å². The number of rotatable bonds is 6.